The molecule has 3 aromatic rings. The van der Waals surface area contributed by atoms with Gasteiger partial charge in [0.2, 0.25) is 5.91 Å². The van der Waals surface area contributed by atoms with Crippen molar-refractivity contribution >= 4 is 5.91 Å². The number of likely N-dealkylation sites (N-methyl/N-ethyl adjacent to an activating group) is 1. The van der Waals surface area contributed by atoms with Crippen LogP contribution in [0.2, 0.25) is 0 Å². The molecule has 0 heterocycles. The molecule has 0 spiro atoms. The maximum atomic E-state index is 13.1. The summed E-state index contributed by atoms with van der Waals surface area (Å²) in [6, 6.07) is 22.4. The van der Waals surface area contributed by atoms with E-state index in [0.717, 1.165) is 29.7 Å². The number of halogens is 3. The van der Waals surface area contributed by atoms with Crippen LogP contribution in [0, 0.1) is 5.92 Å². The van der Waals surface area contributed by atoms with Gasteiger partial charge >= 0.3 is 6.18 Å². The van der Waals surface area contributed by atoms with E-state index in [2.05, 4.69) is 26.0 Å². The van der Waals surface area contributed by atoms with Gasteiger partial charge in [0, 0.05) is 20.0 Å². The van der Waals surface area contributed by atoms with Crippen molar-refractivity contribution < 1.29 is 22.7 Å². The summed E-state index contributed by atoms with van der Waals surface area (Å²) in [5.41, 5.74) is 2.41. The lowest BCUT2D eigenvalue weighted by atomic mass is 9.96. The van der Waals surface area contributed by atoms with Crippen LogP contribution in [-0.2, 0) is 17.4 Å². The Labute approximate surface area is 211 Å². The van der Waals surface area contributed by atoms with Crippen molar-refractivity contribution in [3.63, 3.8) is 0 Å². The first-order chi connectivity index (χ1) is 17.0. The fourth-order valence-electron chi connectivity index (χ4n) is 4.16. The summed E-state index contributed by atoms with van der Waals surface area (Å²) >= 11 is 0. The van der Waals surface area contributed by atoms with Gasteiger partial charge < -0.3 is 9.64 Å². The first-order valence-corrected chi connectivity index (χ1v) is 12.3. The summed E-state index contributed by atoms with van der Waals surface area (Å²) in [6.07, 6.45) is -3.31. The lowest BCUT2D eigenvalue weighted by Crippen LogP contribution is -2.32. The van der Waals surface area contributed by atoms with E-state index in [-0.39, 0.29) is 11.8 Å². The SMILES string of the molecule is CC(C)Cc1ccc([C@H](C)C(=O)N(C)CC[C@@H](Oc2ccc(C(F)(F)F)cc2)c2ccccc2)cc1. The van der Waals surface area contributed by atoms with Crippen LogP contribution in [0.5, 0.6) is 5.75 Å². The molecule has 1 amide bonds. The summed E-state index contributed by atoms with van der Waals surface area (Å²) < 4.78 is 44.8. The summed E-state index contributed by atoms with van der Waals surface area (Å²) in [5.74, 6) is 0.645. The molecule has 192 valence electrons. The van der Waals surface area contributed by atoms with Crippen molar-refractivity contribution in [1.29, 1.82) is 0 Å². The van der Waals surface area contributed by atoms with Crippen molar-refractivity contribution in [2.45, 2.75) is 51.8 Å². The minimum Gasteiger partial charge on any atom is -0.486 e. The zero-order valence-corrected chi connectivity index (χ0v) is 21.3. The van der Waals surface area contributed by atoms with Crippen LogP contribution >= 0.6 is 0 Å². The Balaban J connectivity index is 1.66. The highest BCUT2D eigenvalue weighted by atomic mass is 19.4. The van der Waals surface area contributed by atoms with Crippen LogP contribution in [0.4, 0.5) is 13.2 Å². The average Bonchev–Trinajstić information content (AvgIpc) is 2.86. The predicted molar refractivity (Wildman–Crippen MR) is 137 cm³/mol. The van der Waals surface area contributed by atoms with Gasteiger partial charge in [-0.25, -0.2) is 0 Å². The maximum absolute atomic E-state index is 13.1. The monoisotopic (exact) mass is 497 g/mol. The molecule has 3 nitrogen and oxygen atoms in total. The number of hydrogen-bond donors (Lipinski definition) is 0. The van der Waals surface area contributed by atoms with Gasteiger partial charge in [0.05, 0.1) is 11.5 Å². The van der Waals surface area contributed by atoms with Crippen LogP contribution in [0.3, 0.4) is 0 Å². The number of benzene rings is 3. The zero-order chi connectivity index (χ0) is 26.3. The van der Waals surface area contributed by atoms with Gasteiger partial charge in [-0.05, 0) is 60.2 Å². The molecule has 0 saturated heterocycles. The highest BCUT2D eigenvalue weighted by molar-refractivity contribution is 5.83. The van der Waals surface area contributed by atoms with Gasteiger partial charge in [-0.15, -0.1) is 0 Å². The molecule has 2 atom stereocenters. The fraction of sp³-hybridized carbons (Fsp3) is 0.367. The summed E-state index contributed by atoms with van der Waals surface area (Å²) in [4.78, 5) is 14.8. The molecule has 3 aromatic carbocycles. The Morgan fingerprint density at radius 2 is 1.47 bits per heavy atom. The second kappa shape index (κ2) is 12.1. The fourth-order valence-corrected chi connectivity index (χ4v) is 4.16. The summed E-state index contributed by atoms with van der Waals surface area (Å²) in [5, 5.41) is 0. The molecule has 36 heavy (non-hydrogen) atoms. The van der Waals surface area contributed by atoms with Crippen LogP contribution < -0.4 is 4.74 Å². The quantitative estimate of drug-likeness (QED) is 0.288. The Morgan fingerprint density at radius 3 is 2.03 bits per heavy atom. The van der Waals surface area contributed by atoms with E-state index in [1.807, 2.05) is 49.4 Å². The maximum Gasteiger partial charge on any atom is 0.416 e. The smallest absolute Gasteiger partial charge is 0.416 e. The van der Waals surface area contributed by atoms with Gasteiger partial charge in [0.1, 0.15) is 11.9 Å². The first kappa shape index (κ1) is 27.3. The van der Waals surface area contributed by atoms with Gasteiger partial charge in [0.25, 0.3) is 0 Å². The van der Waals surface area contributed by atoms with E-state index in [4.69, 9.17) is 4.74 Å². The number of rotatable bonds is 10. The van der Waals surface area contributed by atoms with Gasteiger partial charge in [-0.2, -0.15) is 13.2 Å². The Kier molecular flexibility index (Phi) is 9.19. The molecule has 6 heteroatoms. The molecule has 0 N–H and O–H groups in total. The molecular formula is C30H34F3NO2. The average molecular weight is 498 g/mol. The number of nitrogens with zero attached hydrogens (tertiary/aromatic N) is 1. The molecule has 0 saturated carbocycles. The number of carbonyl (C=O) groups is 1. The molecule has 0 aliphatic heterocycles. The molecule has 0 fully saturated rings. The minimum absolute atomic E-state index is 0.00736. The highest BCUT2D eigenvalue weighted by Crippen LogP contribution is 2.32. The molecule has 0 aliphatic carbocycles. The Bertz CT molecular complexity index is 1090. The van der Waals surface area contributed by atoms with Gasteiger partial charge in [-0.3, -0.25) is 4.79 Å². The predicted octanol–water partition coefficient (Wildman–Crippen LogP) is 7.68. The highest BCUT2D eigenvalue weighted by Gasteiger charge is 2.30. The molecule has 0 radical (unpaired) electrons. The van der Waals surface area contributed by atoms with E-state index < -0.39 is 17.8 Å². The minimum atomic E-state index is -4.40. The van der Waals surface area contributed by atoms with Crippen molar-refractivity contribution in [1.82, 2.24) is 4.90 Å². The lowest BCUT2D eigenvalue weighted by Gasteiger charge is -2.25. The largest absolute Gasteiger partial charge is 0.486 e. The Hall–Kier alpha value is -3.28. The number of carbonyl (C=O) groups excluding carboxylic acids is 1. The van der Waals surface area contributed by atoms with Crippen LogP contribution in [0.25, 0.3) is 0 Å². The standard InChI is InChI=1S/C30H34F3NO2/c1-21(2)20-23-10-12-24(13-11-23)22(3)29(35)34(4)19-18-28(25-8-6-5-7-9-25)36-27-16-14-26(15-17-27)30(31,32)33/h5-17,21-22,28H,18-20H2,1-4H3/t22-,28+/m0/s1. The normalized spacial score (nSPS) is 13.3. The Morgan fingerprint density at radius 1 is 0.861 bits per heavy atom. The third-order valence-electron chi connectivity index (χ3n) is 6.23. The van der Waals surface area contributed by atoms with E-state index in [1.165, 1.54) is 17.7 Å². The zero-order valence-electron chi connectivity index (χ0n) is 21.3. The molecule has 0 unspecified atom stereocenters. The van der Waals surface area contributed by atoms with E-state index in [9.17, 15) is 18.0 Å². The van der Waals surface area contributed by atoms with Crippen molar-refractivity contribution in [2.24, 2.45) is 5.92 Å². The molecule has 0 aliphatic rings. The topological polar surface area (TPSA) is 29.5 Å². The first-order valence-electron chi connectivity index (χ1n) is 12.3. The van der Waals surface area contributed by atoms with Gasteiger partial charge in [0.15, 0.2) is 0 Å². The van der Waals surface area contributed by atoms with Crippen LogP contribution in [-0.4, -0.2) is 24.4 Å². The van der Waals surface area contributed by atoms with E-state index >= 15 is 0 Å². The van der Waals surface area contributed by atoms with Crippen molar-refractivity contribution in [3.05, 3.63) is 101 Å². The molecule has 3 rings (SSSR count). The third-order valence-corrected chi connectivity index (χ3v) is 6.23. The summed E-state index contributed by atoms with van der Waals surface area (Å²) in [6.45, 7) is 6.70. The number of amides is 1. The van der Waals surface area contributed by atoms with Crippen molar-refractivity contribution in [2.75, 3.05) is 13.6 Å². The second-order valence-electron chi connectivity index (χ2n) is 9.65. The number of ether oxygens (including phenoxy) is 1. The molecule has 0 bridgehead atoms. The lowest BCUT2D eigenvalue weighted by molar-refractivity contribution is -0.137. The van der Waals surface area contributed by atoms with Gasteiger partial charge in [-0.1, -0.05) is 68.4 Å². The van der Waals surface area contributed by atoms with Crippen molar-refractivity contribution in [3.8, 4) is 5.75 Å². The van der Waals surface area contributed by atoms with Crippen LogP contribution in [0.15, 0.2) is 78.9 Å². The van der Waals surface area contributed by atoms with E-state index in [1.54, 1.807) is 11.9 Å². The third kappa shape index (κ3) is 7.61. The number of alkyl halides is 3. The summed E-state index contributed by atoms with van der Waals surface area (Å²) in [7, 11) is 1.77. The van der Waals surface area contributed by atoms with Crippen LogP contribution in [0.1, 0.15) is 61.5 Å². The van der Waals surface area contributed by atoms with E-state index in [0.29, 0.717) is 24.6 Å². The second-order valence-corrected chi connectivity index (χ2v) is 9.65. The number of hydrogen-bond acceptors (Lipinski definition) is 2. The molecule has 0 aromatic heterocycles. The molecular weight excluding hydrogens is 463 g/mol.